The van der Waals surface area contributed by atoms with Crippen LogP contribution in [0.3, 0.4) is 0 Å². The Morgan fingerprint density at radius 2 is 1.85 bits per heavy atom. The third-order valence-electron chi connectivity index (χ3n) is 4.44. The predicted molar refractivity (Wildman–Crippen MR) is 55.7 cm³/mol. The second-order valence-corrected chi connectivity index (χ2v) is 5.69. The van der Waals surface area contributed by atoms with Crippen molar-refractivity contribution >= 4 is 11.9 Å². The fourth-order valence-corrected chi connectivity index (χ4v) is 3.43. The first-order valence-corrected chi connectivity index (χ1v) is 6.01. The number of ether oxygens (including phenoxy) is 2. The second-order valence-electron chi connectivity index (χ2n) is 5.69. The van der Waals surface area contributed by atoms with E-state index in [1.807, 2.05) is 0 Å². The first-order valence-electron chi connectivity index (χ1n) is 6.01. The summed E-state index contributed by atoms with van der Waals surface area (Å²) in [6.07, 6.45) is -4.77. The van der Waals surface area contributed by atoms with E-state index in [2.05, 4.69) is 0 Å². The third kappa shape index (κ3) is 1.53. The smallest absolute Gasteiger partial charge is 0.471 e. The van der Waals surface area contributed by atoms with Crippen molar-refractivity contribution < 1.29 is 37.3 Å². The Hall–Kier alpha value is -1.35. The van der Waals surface area contributed by atoms with Gasteiger partial charge >= 0.3 is 18.1 Å². The lowest BCUT2D eigenvalue weighted by Gasteiger charge is -2.47. The molecular formula is C11H12F3NO5. The highest BCUT2D eigenvalue weighted by molar-refractivity contribution is 5.82. The molecule has 0 atom stereocenters. The van der Waals surface area contributed by atoms with Crippen LogP contribution in [0.2, 0.25) is 0 Å². The number of carbonyl (C=O) groups excluding carboxylic acids is 1. The minimum atomic E-state index is -4.96. The molecule has 6 nitrogen and oxygen atoms in total. The Morgan fingerprint density at radius 1 is 1.25 bits per heavy atom. The lowest BCUT2D eigenvalue weighted by Crippen LogP contribution is -2.63. The van der Waals surface area contributed by atoms with Gasteiger partial charge in [0.2, 0.25) is 0 Å². The molecule has 2 bridgehead atoms. The quantitative estimate of drug-likeness (QED) is 0.769. The van der Waals surface area contributed by atoms with Crippen LogP contribution in [0.25, 0.3) is 0 Å². The summed E-state index contributed by atoms with van der Waals surface area (Å²) in [7, 11) is 0. The van der Waals surface area contributed by atoms with E-state index in [1.54, 1.807) is 5.32 Å². The standard InChI is InChI=1S/C11H12F3NO5/c12-11(13,14)6(16)15-3-8-1-9(2-8,7(17)18)10(20-8)4-19-5-10/h1-5H2,(H,15,16)(H,17,18). The van der Waals surface area contributed by atoms with Crippen molar-refractivity contribution in [3.63, 3.8) is 0 Å². The van der Waals surface area contributed by atoms with Crippen molar-refractivity contribution in [3.05, 3.63) is 0 Å². The van der Waals surface area contributed by atoms with Crippen LogP contribution in [-0.2, 0) is 19.1 Å². The molecule has 4 fully saturated rings. The van der Waals surface area contributed by atoms with Gasteiger partial charge in [0.1, 0.15) is 11.0 Å². The van der Waals surface area contributed by atoms with Crippen LogP contribution in [0.4, 0.5) is 13.2 Å². The van der Waals surface area contributed by atoms with Crippen LogP contribution >= 0.6 is 0 Å². The van der Waals surface area contributed by atoms with Gasteiger partial charge in [-0.05, 0) is 12.8 Å². The fraction of sp³-hybridized carbons (Fsp3) is 0.818. The predicted octanol–water partition coefficient (Wildman–Crippen LogP) is 0.0677. The van der Waals surface area contributed by atoms with E-state index in [-0.39, 0.29) is 32.6 Å². The Kier molecular flexibility index (Phi) is 2.48. The SMILES string of the molecule is O=C(NCC12CC(C(=O)O)(C1)C1(COC1)O2)C(F)(F)F. The van der Waals surface area contributed by atoms with Crippen LogP contribution in [0.15, 0.2) is 0 Å². The lowest BCUT2D eigenvalue weighted by atomic mass is 9.55. The average Bonchev–Trinajstić information content (AvgIpc) is 2.70. The summed E-state index contributed by atoms with van der Waals surface area (Å²) < 4.78 is 47.1. The summed E-state index contributed by atoms with van der Waals surface area (Å²) in [4.78, 5) is 22.2. The first kappa shape index (κ1) is 13.6. The summed E-state index contributed by atoms with van der Waals surface area (Å²) in [5.74, 6) is -3.08. The van der Waals surface area contributed by atoms with Crippen LogP contribution in [0, 0.1) is 5.41 Å². The van der Waals surface area contributed by atoms with Gasteiger partial charge in [-0.1, -0.05) is 0 Å². The van der Waals surface area contributed by atoms with Gasteiger partial charge < -0.3 is 19.9 Å². The van der Waals surface area contributed by atoms with Crippen molar-refractivity contribution in [3.8, 4) is 0 Å². The van der Waals surface area contributed by atoms with Gasteiger partial charge in [-0.2, -0.15) is 13.2 Å². The monoisotopic (exact) mass is 295 g/mol. The molecule has 20 heavy (non-hydrogen) atoms. The van der Waals surface area contributed by atoms with Crippen molar-refractivity contribution in [1.82, 2.24) is 5.32 Å². The van der Waals surface area contributed by atoms with Crippen molar-refractivity contribution in [2.75, 3.05) is 19.8 Å². The molecule has 0 radical (unpaired) electrons. The first-order chi connectivity index (χ1) is 9.15. The van der Waals surface area contributed by atoms with Crippen LogP contribution in [0.5, 0.6) is 0 Å². The molecule has 3 saturated heterocycles. The van der Waals surface area contributed by atoms with Crippen molar-refractivity contribution in [2.45, 2.75) is 30.2 Å². The van der Waals surface area contributed by atoms with E-state index in [0.29, 0.717) is 0 Å². The van der Waals surface area contributed by atoms with Gasteiger partial charge in [0.25, 0.3) is 0 Å². The largest absolute Gasteiger partial charge is 0.481 e. The molecule has 2 N–H and O–H groups in total. The zero-order chi connectivity index (χ0) is 14.8. The molecule has 1 spiro atoms. The molecule has 1 aliphatic carbocycles. The van der Waals surface area contributed by atoms with Gasteiger partial charge in [0.05, 0.1) is 18.8 Å². The van der Waals surface area contributed by atoms with E-state index in [4.69, 9.17) is 9.47 Å². The number of hydrogen-bond acceptors (Lipinski definition) is 4. The number of amides is 1. The van der Waals surface area contributed by atoms with E-state index in [0.717, 1.165) is 0 Å². The molecule has 3 heterocycles. The van der Waals surface area contributed by atoms with Crippen molar-refractivity contribution in [1.29, 1.82) is 0 Å². The molecule has 9 heteroatoms. The molecule has 0 unspecified atom stereocenters. The van der Waals surface area contributed by atoms with Gasteiger partial charge in [-0.25, -0.2) is 0 Å². The Balaban J connectivity index is 1.69. The van der Waals surface area contributed by atoms with E-state index in [9.17, 15) is 27.9 Å². The Bertz CT molecular complexity index is 479. The molecule has 4 rings (SSSR count). The van der Waals surface area contributed by atoms with Gasteiger partial charge in [-0.3, -0.25) is 9.59 Å². The van der Waals surface area contributed by atoms with E-state index < -0.39 is 34.7 Å². The minimum Gasteiger partial charge on any atom is -0.481 e. The highest BCUT2D eigenvalue weighted by Crippen LogP contribution is 2.68. The number of carboxylic acid groups (broad SMARTS) is 1. The number of carbonyl (C=O) groups is 2. The lowest BCUT2D eigenvalue weighted by molar-refractivity contribution is -0.219. The van der Waals surface area contributed by atoms with Gasteiger partial charge in [0, 0.05) is 6.54 Å². The maximum atomic E-state index is 12.1. The molecule has 1 saturated carbocycles. The number of rotatable bonds is 3. The van der Waals surface area contributed by atoms with Gasteiger partial charge in [-0.15, -0.1) is 0 Å². The number of hydrogen-bond donors (Lipinski definition) is 2. The summed E-state index contributed by atoms with van der Waals surface area (Å²) in [6, 6.07) is 0. The minimum absolute atomic E-state index is 0.0941. The molecule has 4 aliphatic rings. The molecule has 1 amide bonds. The fourth-order valence-electron chi connectivity index (χ4n) is 3.43. The average molecular weight is 295 g/mol. The normalized spacial score (nSPS) is 37.1. The maximum Gasteiger partial charge on any atom is 0.471 e. The summed E-state index contributed by atoms with van der Waals surface area (Å²) in [6.45, 7) is -0.106. The maximum absolute atomic E-state index is 12.1. The number of alkyl halides is 3. The van der Waals surface area contributed by atoms with Gasteiger partial charge in [0.15, 0.2) is 0 Å². The van der Waals surface area contributed by atoms with Crippen LogP contribution in [0.1, 0.15) is 12.8 Å². The zero-order valence-corrected chi connectivity index (χ0v) is 10.2. The number of carboxylic acids is 1. The number of aliphatic carboxylic acids is 1. The van der Waals surface area contributed by atoms with E-state index in [1.165, 1.54) is 0 Å². The molecule has 112 valence electrons. The summed E-state index contributed by atoms with van der Waals surface area (Å²) in [5, 5.41) is 11.1. The molecular weight excluding hydrogens is 283 g/mol. The molecule has 3 aliphatic heterocycles. The molecule has 0 aromatic carbocycles. The molecule has 0 aromatic rings. The topological polar surface area (TPSA) is 84.9 Å². The molecule has 0 aromatic heterocycles. The Morgan fingerprint density at radius 3 is 2.20 bits per heavy atom. The number of halogens is 3. The van der Waals surface area contributed by atoms with Crippen LogP contribution < -0.4 is 5.32 Å². The Labute approximate surface area is 111 Å². The third-order valence-corrected chi connectivity index (χ3v) is 4.44. The highest BCUT2D eigenvalue weighted by Gasteiger charge is 2.80. The second kappa shape index (κ2) is 3.64. The van der Waals surface area contributed by atoms with Crippen molar-refractivity contribution in [2.24, 2.45) is 5.41 Å². The number of nitrogens with one attached hydrogen (secondary N) is 1. The summed E-state index contributed by atoms with van der Waals surface area (Å²) >= 11 is 0. The zero-order valence-electron chi connectivity index (χ0n) is 10.2. The highest BCUT2D eigenvalue weighted by atomic mass is 19.4. The van der Waals surface area contributed by atoms with E-state index >= 15 is 0 Å². The summed E-state index contributed by atoms with van der Waals surface area (Å²) in [5.41, 5.74) is -3.08. The van der Waals surface area contributed by atoms with Crippen LogP contribution in [-0.4, -0.2) is 54.1 Å².